The molecule has 0 aliphatic rings. The first-order chi connectivity index (χ1) is 7.59. The molecular weight excluding hydrogens is 200 g/mol. The van der Waals surface area contributed by atoms with E-state index in [0.717, 1.165) is 32.1 Å². The molecule has 2 nitrogen and oxygen atoms in total. The van der Waals surface area contributed by atoms with Crippen molar-refractivity contribution in [2.75, 3.05) is 13.2 Å². The largest absolute Gasteiger partial charge is 0.396 e. The van der Waals surface area contributed by atoms with Gasteiger partial charge in [0.05, 0.1) is 0 Å². The summed E-state index contributed by atoms with van der Waals surface area (Å²) < 4.78 is 0. The Balaban J connectivity index is 4.82. The Morgan fingerprint density at radius 1 is 1.06 bits per heavy atom. The van der Waals surface area contributed by atoms with Crippen LogP contribution in [0.25, 0.3) is 0 Å². The molecule has 0 aliphatic carbocycles. The van der Waals surface area contributed by atoms with Crippen molar-refractivity contribution in [3.8, 4) is 0 Å². The van der Waals surface area contributed by atoms with Crippen LogP contribution in [-0.4, -0.2) is 23.4 Å². The molecule has 0 rings (SSSR count). The second-order valence-corrected chi connectivity index (χ2v) is 5.31. The highest BCUT2D eigenvalue weighted by molar-refractivity contribution is 4.85. The minimum atomic E-state index is -0.0197. The molecule has 0 aromatic heterocycles. The highest BCUT2D eigenvalue weighted by Crippen LogP contribution is 2.40. The van der Waals surface area contributed by atoms with E-state index in [1.807, 2.05) is 0 Å². The summed E-state index contributed by atoms with van der Waals surface area (Å²) in [7, 11) is 0. The summed E-state index contributed by atoms with van der Waals surface area (Å²) in [6.45, 7) is 9.14. The molecule has 0 radical (unpaired) electrons. The Morgan fingerprint density at radius 2 is 1.69 bits per heavy atom. The summed E-state index contributed by atoms with van der Waals surface area (Å²) in [4.78, 5) is 0. The fourth-order valence-corrected chi connectivity index (χ4v) is 2.96. The topological polar surface area (TPSA) is 40.5 Å². The van der Waals surface area contributed by atoms with Gasteiger partial charge in [0, 0.05) is 13.2 Å². The van der Waals surface area contributed by atoms with Gasteiger partial charge < -0.3 is 10.2 Å². The van der Waals surface area contributed by atoms with Crippen LogP contribution in [-0.2, 0) is 0 Å². The van der Waals surface area contributed by atoms with Crippen LogP contribution in [0.1, 0.15) is 59.8 Å². The minimum absolute atomic E-state index is 0.0197. The van der Waals surface area contributed by atoms with Crippen molar-refractivity contribution in [1.29, 1.82) is 0 Å². The number of aliphatic hydroxyl groups is 2. The molecule has 0 saturated carbocycles. The van der Waals surface area contributed by atoms with E-state index in [-0.39, 0.29) is 18.6 Å². The molecule has 0 fully saturated rings. The van der Waals surface area contributed by atoms with Crippen molar-refractivity contribution in [2.24, 2.45) is 17.3 Å². The van der Waals surface area contributed by atoms with E-state index in [1.165, 1.54) is 0 Å². The maximum absolute atomic E-state index is 9.67. The second-order valence-electron chi connectivity index (χ2n) is 5.31. The Labute approximate surface area is 101 Å². The predicted molar refractivity (Wildman–Crippen MR) is 69.4 cm³/mol. The lowest BCUT2D eigenvalue weighted by atomic mass is 9.66. The average Bonchev–Trinajstić information content (AvgIpc) is 2.29. The molecule has 0 heterocycles. The highest BCUT2D eigenvalue weighted by atomic mass is 16.3. The van der Waals surface area contributed by atoms with E-state index in [4.69, 9.17) is 0 Å². The molecule has 0 bridgehead atoms. The summed E-state index contributed by atoms with van der Waals surface area (Å²) in [5, 5.41) is 19.1. The van der Waals surface area contributed by atoms with Crippen LogP contribution >= 0.6 is 0 Å². The number of hydrogen-bond acceptors (Lipinski definition) is 2. The van der Waals surface area contributed by atoms with E-state index in [9.17, 15) is 10.2 Å². The Bertz CT molecular complexity index is 166. The van der Waals surface area contributed by atoms with Crippen LogP contribution < -0.4 is 0 Å². The van der Waals surface area contributed by atoms with Gasteiger partial charge in [0.15, 0.2) is 0 Å². The molecule has 2 N–H and O–H groups in total. The number of aliphatic hydroxyl groups excluding tert-OH is 2. The molecule has 3 unspecified atom stereocenters. The van der Waals surface area contributed by atoms with Crippen molar-refractivity contribution in [2.45, 2.75) is 59.8 Å². The molecule has 0 aromatic rings. The van der Waals surface area contributed by atoms with Crippen molar-refractivity contribution in [1.82, 2.24) is 0 Å². The van der Waals surface area contributed by atoms with Crippen LogP contribution in [0.15, 0.2) is 0 Å². The molecule has 16 heavy (non-hydrogen) atoms. The highest BCUT2D eigenvalue weighted by Gasteiger charge is 2.36. The Kier molecular flexibility index (Phi) is 8.04. The van der Waals surface area contributed by atoms with Crippen LogP contribution in [0.4, 0.5) is 0 Å². The smallest absolute Gasteiger partial charge is 0.0487 e. The summed E-state index contributed by atoms with van der Waals surface area (Å²) in [5.41, 5.74) is -0.0197. The fraction of sp³-hybridized carbons (Fsp3) is 1.00. The Hall–Kier alpha value is -0.0800. The van der Waals surface area contributed by atoms with Gasteiger partial charge in [-0.15, -0.1) is 0 Å². The molecular formula is C14H30O2. The molecule has 98 valence electrons. The van der Waals surface area contributed by atoms with Gasteiger partial charge in [-0.1, -0.05) is 47.0 Å². The first kappa shape index (κ1) is 15.9. The zero-order chi connectivity index (χ0) is 12.6. The summed E-state index contributed by atoms with van der Waals surface area (Å²) in [6, 6.07) is 0. The average molecular weight is 230 g/mol. The molecule has 3 atom stereocenters. The van der Waals surface area contributed by atoms with Crippen molar-refractivity contribution >= 4 is 0 Å². The van der Waals surface area contributed by atoms with E-state index in [0.29, 0.717) is 11.8 Å². The van der Waals surface area contributed by atoms with Gasteiger partial charge in [-0.2, -0.15) is 0 Å². The lowest BCUT2D eigenvalue weighted by Crippen LogP contribution is -2.37. The van der Waals surface area contributed by atoms with Gasteiger partial charge in [0.1, 0.15) is 0 Å². The zero-order valence-electron chi connectivity index (χ0n) is 11.5. The van der Waals surface area contributed by atoms with Crippen LogP contribution in [0, 0.1) is 17.3 Å². The fourth-order valence-electron chi connectivity index (χ4n) is 2.96. The molecule has 0 spiro atoms. The van der Waals surface area contributed by atoms with Crippen LogP contribution in [0.2, 0.25) is 0 Å². The molecule has 0 amide bonds. The first-order valence-corrected chi connectivity index (χ1v) is 6.81. The summed E-state index contributed by atoms with van der Waals surface area (Å²) in [5.74, 6) is 0.779. The maximum Gasteiger partial charge on any atom is 0.0487 e. The third-order valence-corrected chi connectivity index (χ3v) is 4.01. The van der Waals surface area contributed by atoms with Crippen LogP contribution in [0.5, 0.6) is 0 Å². The van der Waals surface area contributed by atoms with Crippen LogP contribution in [0.3, 0.4) is 0 Å². The number of hydrogen-bond donors (Lipinski definition) is 2. The van der Waals surface area contributed by atoms with Gasteiger partial charge in [0.25, 0.3) is 0 Å². The maximum atomic E-state index is 9.67. The van der Waals surface area contributed by atoms with Crippen molar-refractivity contribution in [3.63, 3.8) is 0 Å². The Morgan fingerprint density at radius 3 is 2.00 bits per heavy atom. The van der Waals surface area contributed by atoms with Gasteiger partial charge in [-0.3, -0.25) is 0 Å². The first-order valence-electron chi connectivity index (χ1n) is 6.81. The van der Waals surface area contributed by atoms with Crippen molar-refractivity contribution < 1.29 is 10.2 Å². The zero-order valence-corrected chi connectivity index (χ0v) is 11.5. The standard InChI is InChI=1S/C14H30O2/c1-5-8-13(12(7-3)10-15)14(4,11-16)9-6-2/h12-13,15-16H,5-11H2,1-4H3. The SMILES string of the molecule is CCCC(C(CC)CO)C(C)(CO)CCC. The molecule has 2 heteroatoms. The van der Waals surface area contributed by atoms with E-state index in [2.05, 4.69) is 27.7 Å². The minimum Gasteiger partial charge on any atom is -0.396 e. The third-order valence-electron chi connectivity index (χ3n) is 4.01. The second kappa shape index (κ2) is 8.08. The normalized spacial score (nSPS) is 19.1. The van der Waals surface area contributed by atoms with E-state index >= 15 is 0 Å². The summed E-state index contributed by atoms with van der Waals surface area (Å²) in [6.07, 6.45) is 5.38. The van der Waals surface area contributed by atoms with Gasteiger partial charge in [0.2, 0.25) is 0 Å². The lowest BCUT2D eigenvalue weighted by Gasteiger charge is -2.40. The van der Waals surface area contributed by atoms with E-state index < -0.39 is 0 Å². The molecule has 0 aromatic carbocycles. The summed E-state index contributed by atoms with van der Waals surface area (Å²) >= 11 is 0. The van der Waals surface area contributed by atoms with E-state index in [1.54, 1.807) is 0 Å². The quantitative estimate of drug-likeness (QED) is 0.638. The lowest BCUT2D eigenvalue weighted by molar-refractivity contribution is 0.00995. The van der Waals surface area contributed by atoms with Gasteiger partial charge in [-0.25, -0.2) is 0 Å². The van der Waals surface area contributed by atoms with Crippen molar-refractivity contribution in [3.05, 3.63) is 0 Å². The molecule has 0 aliphatic heterocycles. The molecule has 0 saturated heterocycles. The third kappa shape index (κ3) is 4.06. The van der Waals surface area contributed by atoms with Gasteiger partial charge in [-0.05, 0) is 30.1 Å². The monoisotopic (exact) mass is 230 g/mol. The number of rotatable bonds is 9. The predicted octanol–water partition coefficient (Wildman–Crippen LogP) is 3.22. The van der Waals surface area contributed by atoms with Gasteiger partial charge >= 0.3 is 0 Å².